The molecule has 1 amide bonds. The summed E-state index contributed by atoms with van der Waals surface area (Å²) in [6.45, 7) is 3.81. The van der Waals surface area contributed by atoms with Gasteiger partial charge >= 0.3 is 0 Å². The van der Waals surface area contributed by atoms with Gasteiger partial charge < -0.3 is 9.64 Å². The van der Waals surface area contributed by atoms with Crippen LogP contribution < -0.4 is 0 Å². The van der Waals surface area contributed by atoms with Crippen LogP contribution in [0.1, 0.15) is 25.7 Å². The van der Waals surface area contributed by atoms with E-state index in [1.807, 2.05) is 0 Å². The van der Waals surface area contributed by atoms with Crippen LogP contribution in [0.4, 0.5) is 4.39 Å². The lowest BCUT2D eigenvalue weighted by molar-refractivity contribution is -0.151. The third-order valence-corrected chi connectivity index (χ3v) is 4.95. The third kappa shape index (κ3) is 2.17. The van der Waals surface area contributed by atoms with Crippen molar-refractivity contribution in [3.05, 3.63) is 0 Å². The predicted molar refractivity (Wildman–Crippen MR) is 67.5 cm³/mol. The highest BCUT2D eigenvalue weighted by Crippen LogP contribution is 2.42. The Balaban J connectivity index is 1.46. The maximum absolute atomic E-state index is 13.9. The van der Waals surface area contributed by atoms with Crippen LogP contribution in [0, 0.1) is 5.92 Å². The Morgan fingerprint density at radius 2 is 1.84 bits per heavy atom. The lowest BCUT2D eigenvalue weighted by Gasteiger charge is -2.50. The second-order valence-electron chi connectivity index (χ2n) is 6.66. The van der Waals surface area contributed by atoms with Crippen LogP contribution in [-0.4, -0.2) is 66.3 Å². The minimum absolute atomic E-state index is 0.268. The van der Waals surface area contributed by atoms with Gasteiger partial charge in [0.2, 0.25) is 0 Å². The Morgan fingerprint density at radius 1 is 1.21 bits per heavy atom. The van der Waals surface area contributed by atoms with Gasteiger partial charge in [-0.1, -0.05) is 0 Å². The number of morpholine rings is 1. The SMILES string of the molecule is O=C(N1CC2COCC(C1)N2CC1CC1)C1(F)CC1. The van der Waals surface area contributed by atoms with Crippen LogP contribution in [0.2, 0.25) is 0 Å². The fourth-order valence-electron chi connectivity index (χ4n) is 3.40. The first-order valence-corrected chi connectivity index (χ1v) is 7.47. The minimum Gasteiger partial charge on any atom is -0.378 e. The molecule has 0 aromatic rings. The van der Waals surface area contributed by atoms with E-state index in [1.165, 1.54) is 12.8 Å². The molecule has 19 heavy (non-hydrogen) atoms. The predicted octanol–water partition coefficient (Wildman–Crippen LogP) is 0.810. The Morgan fingerprint density at radius 3 is 2.37 bits per heavy atom. The normalized spacial score (nSPS) is 37.2. The number of alkyl halides is 1. The standard InChI is InChI=1S/C14H21FN2O2/c15-14(3-4-14)13(18)16-6-11-8-19-9-12(7-16)17(11)5-10-1-2-10/h10-12H,1-9H2. The number of amides is 1. The average Bonchev–Trinajstić information content (AvgIpc) is 3.27. The maximum atomic E-state index is 13.9. The van der Waals surface area contributed by atoms with Gasteiger partial charge in [-0.25, -0.2) is 4.39 Å². The van der Waals surface area contributed by atoms with E-state index in [0.717, 1.165) is 12.5 Å². The second kappa shape index (κ2) is 4.16. The zero-order chi connectivity index (χ0) is 13.0. The molecule has 0 N–H and O–H groups in total. The highest BCUT2D eigenvalue weighted by atomic mass is 19.1. The van der Waals surface area contributed by atoms with Crippen molar-refractivity contribution in [2.75, 3.05) is 32.8 Å². The van der Waals surface area contributed by atoms with Crippen molar-refractivity contribution in [3.63, 3.8) is 0 Å². The molecular weight excluding hydrogens is 247 g/mol. The molecule has 106 valence electrons. The Bertz CT molecular complexity index is 381. The molecule has 0 radical (unpaired) electrons. The van der Waals surface area contributed by atoms with E-state index in [2.05, 4.69) is 4.90 Å². The van der Waals surface area contributed by atoms with Crippen LogP contribution in [0.25, 0.3) is 0 Å². The number of fused-ring (bicyclic) bond motifs is 2. The Hall–Kier alpha value is -0.680. The largest absolute Gasteiger partial charge is 0.378 e. The van der Waals surface area contributed by atoms with Gasteiger partial charge in [0.05, 0.1) is 25.3 Å². The fourth-order valence-corrected chi connectivity index (χ4v) is 3.40. The number of piperazine rings is 1. The summed E-state index contributed by atoms with van der Waals surface area (Å²) in [5.41, 5.74) is -1.52. The molecular formula is C14H21FN2O2. The molecule has 2 aliphatic heterocycles. The van der Waals surface area contributed by atoms with E-state index < -0.39 is 5.67 Å². The van der Waals surface area contributed by atoms with Gasteiger partial charge in [-0.15, -0.1) is 0 Å². The molecule has 0 spiro atoms. The van der Waals surface area contributed by atoms with Gasteiger partial charge in [-0.3, -0.25) is 9.69 Å². The lowest BCUT2D eigenvalue weighted by Crippen LogP contribution is -2.66. The highest BCUT2D eigenvalue weighted by Gasteiger charge is 2.54. The topological polar surface area (TPSA) is 32.8 Å². The molecule has 2 aliphatic carbocycles. The van der Waals surface area contributed by atoms with Crippen LogP contribution in [0.15, 0.2) is 0 Å². The van der Waals surface area contributed by atoms with Crippen molar-refractivity contribution in [1.82, 2.24) is 9.80 Å². The van der Waals surface area contributed by atoms with Gasteiger partial charge in [0, 0.05) is 19.6 Å². The number of halogens is 1. The molecule has 2 saturated heterocycles. The number of carbonyl (C=O) groups excluding carboxylic acids is 1. The summed E-state index contributed by atoms with van der Waals surface area (Å²) in [4.78, 5) is 16.4. The number of ether oxygens (including phenoxy) is 1. The first-order chi connectivity index (χ1) is 9.16. The summed E-state index contributed by atoms with van der Waals surface area (Å²) in [7, 11) is 0. The van der Waals surface area contributed by atoms with E-state index in [1.54, 1.807) is 4.90 Å². The third-order valence-electron chi connectivity index (χ3n) is 4.95. The van der Waals surface area contributed by atoms with E-state index in [4.69, 9.17) is 4.74 Å². The molecule has 4 rings (SSSR count). The molecule has 5 heteroatoms. The van der Waals surface area contributed by atoms with Gasteiger partial charge in [0.15, 0.2) is 5.67 Å². The summed E-state index contributed by atoms with van der Waals surface area (Å²) in [6, 6.07) is 0.554. The van der Waals surface area contributed by atoms with E-state index >= 15 is 0 Å². The number of carbonyl (C=O) groups is 1. The molecule has 4 fully saturated rings. The van der Waals surface area contributed by atoms with Gasteiger partial charge in [-0.05, 0) is 31.6 Å². The average molecular weight is 268 g/mol. The molecule has 4 nitrogen and oxygen atoms in total. The summed E-state index contributed by atoms with van der Waals surface area (Å²) in [5, 5.41) is 0. The smallest absolute Gasteiger partial charge is 0.260 e. The summed E-state index contributed by atoms with van der Waals surface area (Å²) >= 11 is 0. The maximum Gasteiger partial charge on any atom is 0.260 e. The van der Waals surface area contributed by atoms with Crippen molar-refractivity contribution < 1.29 is 13.9 Å². The van der Waals surface area contributed by atoms with Crippen LogP contribution in [-0.2, 0) is 9.53 Å². The van der Waals surface area contributed by atoms with E-state index in [0.29, 0.717) is 39.1 Å². The molecule has 2 unspecified atom stereocenters. The molecule has 4 aliphatic rings. The van der Waals surface area contributed by atoms with E-state index in [-0.39, 0.29) is 18.0 Å². The number of nitrogens with zero attached hydrogens (tertiary/aromatic N) is 2. The molecule has 2 saturated carbocycles. The quantitative estimate of drug-likeness (QED) is 0.759. The highest BCUT2D eigenvalue weighted by molar-refractivity contribution is 5.88. The fraction of sp³-hybridized carbons (Fsp3) is 0.929. The Kier molecular flexibility index (Phi) is 2.64. The summed E-state index contributed by atoms with van der Waals surface area (Å²) in [5.74, 6) is 0.580. The Labute approximate surface area is 112 Å². The molecule has 2 heterocycles. The first kappa shape index (κ1) is 12.1. The summed E-state index contributed by atoms with van der Waals surface area (Å²) in [6.07, 6.45) is 3.51. The van der Waals surface area contributed by atoms with E-state index in [9.17, 15) is 9.18 Å². The van der Waals surface area contributed by atoms with Gasteiger partial charge in [-0.2, -0.15) is 0 Å². The monoisotopic (exact) mass is 268 g/mol. The van der Waals surface area contributed by atoms with Crippen molar-refractivity contribution in [3.8, 4) is 0 Å². The molecule has 0 aromatic heterocycles. The zero-order valence-corrected chi connectivity index (χ0v) is 11.2. The van der Waals surface area contributed by atoms with Crippen LogP contribution in [0.3, 0.4) is 0 Å². The molecule has 2 bridgehead atoms. The van der Waals surface area contributed by atoms with Crippen LogP contribution >= 0.6 is 0 Å². The van der Waals surface area contributed by atoms with Crippen molar-refractivity contribution in [2.45, 2.75) is 43.4 Å². The van der Waals surface area contributed by atoms with Gasteiger partial charge in [0.1, 0.15) is 0 Å². The van der Waals surface area contributed by atoms with Crippen molar-refractivity contribution in [1.29, 1.82) is 0 Å². The molecule has 2 atom stereocenters. The van der Waals surface area contributed by atoms with Crippen molar-refractivity contribution in [2.24, 2.45) is 5.92 Å². The zero-order valence-electron chi connectivity index (χ0n) is 11.2. The van der Waals surface area contributed by atoms with Gasteiger partial charge in [0.25, 0.3) is 5.91 Å². The van der Waals surface area contributed by atoms with Crippen molar-refractivity contribution >= 4 is 5.91 Å². The number of hydrogen-bond acceptors (Lipinski definition) is 3. The molecule has 0 aromatic carbocycles. The first-order valence-electron chi connectivity index (χ1n) is 7.47. The lowest BCUT2D eigenvalue weighted by atomic mass is 10.0. The number of hydrogen-bond donors (Lipinski definition) is 0. The van der Waals surface area contributed by atoms with Crippen LogP contribution in [0.5, 0.6) is 0 Å². The second-order valence-corrected chi connectivity index (χ2v) is 6.66. The number of rotatable bonds is 3. The summed E-state index contributed by atoms with van der Waals surface area (Å²) < 4.78 is 19.6. The minimum atomic E-state index is -1.52.